The highest BCUT2D eigenvalue weighted by Crippen LogP contribution is 2.38. The Labute approximate surface area is 160 Å². The van der Waals surface area contributed by atoms with Crippen LogP contribution in [0.15, 0.2) is 53.0 Å². The van der Waals surface area contributed by atoms with Crippen LogP contribution < -0.4 is 14.5 Å². The number of carbonyl (C=O) groups is 1. The Kier molecular flexibility index (Phi) is 4.19. The molecule has 4 rings (SSSR count). The van der Waals surface area contributed by atoms with Gasteiger partial charge >= 0.3 is 6.03 Å². The van der Waals surface area contributed by atoms with E-state index >= 15 is 0 Å². The summed E-state index contributed by atoms with van der Waals surface area (Å²) in [6, 6.07) is 13.4. The Morgan fingerprint density at radius 2 is 1.38 bits per heavy atom. The zero-order valence-corrected chi connectivity index (χ0v) is 16.4. The molecule has 0 aromatic heterocycles. The molecule has 2 saturated heterocycles. The highest BCUT2D eigenvalue weighted by Gasteiger charge is 2.54. The fourth-order valence-corrected chi connectivity index (χ4v) is 5.84. The molecular formula is C18H17BrN2O4S. The molecule has 0 radical (unpaired) electrons. The minimum Gasteiger partial charge on any atom is -0.497 e. The van der Waals surface area contributed by atoms with Gasteiger partial charge < -0.3 is 4.74 Å². The number of fused-ring (bicyclic) bond motifs is 1. The SMILES string of the molecule is COc1ccc(N2C(=O)N(c3ccc(Br)cc3)C3CS(=O)(=O)CC32)cc1. The lowest BCUT2D eigenvalue weighted by Gasteiger charge is -2.23. The Bertz CT molecular complexity index is 944. The summed E-state index contributed by atoms with van der Waals surface area (Å²) in [5.41, 5.74) is 1.36. The topological polar surface area (TPSA) is 66.9 Å². The van der Waals surface area contributed by atoms with E-state index < -0.39 is 21.9 Å². The summed E-state index contributed by atoms with van der Waals surface area (Å²) in [6.07, 6.45) is 0. The van der Waals surface area contributed by atoms with Crippen molar-refractivity contribution >= 4 is 43.2 Å². The number of hydrogen-bond donors (Lipinski definition) is 0. The van der Waals surface area contributed by atoms with E-state index in [-0.39, 0.29) is 17.5 Å². The molecule has 2 fully saturated rings. The number of amides is 2. The summed E-state index contributed by atoms with van der Waals surface area (Å²) in [5.74, 6) is 0.634. The van der Waals surface area contributed by atoms with Crippen molar-refractivity contribution in [3.63, 3.8) is 0 Å². The van der Waals surface area contributed by atoms with Crippen molar-refractivity contribution in [2.75, 3.05) is 28.4 Å². The van der Waals surface area contributed by atoms with E-state index in [1.165, 1.54) is 0 Å². The van der Waals surface area contributed by atoms with Crippen molar-refractivity contribution in [2.45, 2.75) is 12.1 Å². The van der Waals surface area contributed by atoms with Crippen molar-refractivity contribution in [1.82, 2.24) is 0 Å². The van der Waals surface area contributed by atoms with Gasteiger partial charge in [0, 0.05) is 15.8 Å². The molecule has 2 aromatic carbocycles. The molecule has 2 atom stereocenters. The number of halogens is 1. The molecule has 2 heterocycles. The number of rotatable bonds is 3. The third kappa shape index (κ3) is 2.87. The van der Waals surface area contributed by atoms with E-state index in [1.54, 1.807) is 41.2 Å². The number of benzene rings is 2. The van der Waals surface area contributed by atoms with E-state index in [4.69, 9.17) is 4.74 Å². The maximum atomic E-state index is 13.2. The molecule has 2 aliphatic heterocycles. The number of nitrogens with zero attached hydrogens (tertiary/aromatic N) is 2. The van der Waals surface area contributed by atoms with Gasteiger partial charge in [-0.25, -0.2) is 13.2 Å². The van der Waals surface area contributed by atoms with Gasteiger partial charge in [-0.2, -0.15) is 0 Å². The third-order valence-corrected chi connectivity index (χ3v) is 7.05. The Hall–Kier alpha value is -2.06. The number of methoxy groups -OCH3 is 1. The lowest BCUT2D eigenvalue weighted by atomic mass is 10.1. The van der Waals surface area contributed by atoms with Gasteiger partial charge in [-0.05, 0) is 48.5 Å². The molecule has 2 aliphatic rings. The standard InChI is InChI=1S/C18H17BrN2O4S/c1-25-15-8-6-14(7-9-15)21-17-11-26(23,24)10-16(17)20(18(21)22)13-4-2-12(19)3-5-13/h2-9,16-17H,10-11H2,1H3. The van der Waals surface area contributed by atoms with Crippen molar-refractivity contribution in [3.8, 4) is 5.75 Å². The molecule has 0 bridgehead atoms. The van der Waals surface area contributed by atoms with Gasteiger partial charge in [0.25, 0.3) is 0 Å². The largest absolute Gasteiger partial charge is 0.497 e. The van der Waals surface area contributed by atoms with Crippen LogP contribution in [0.1, 0.15) is 0 Å². The number of sulfone groups is 1. The van der Waals surface area contributed by atoms with E-state index in [9.17, 15) is 13.2 Å². The second-order valence-corrected chi connectivity index (χ2v) is 9.48. The molecule has 136 valence electrons. The summed E-state index contributed by atoms with van der Waals surface area (Å²) in [6.45, 7) is 0. The molecule has 0 saturated carbocycles. The van der Waals surface area contributed by atoms with E-state index in [0.29, 0.717) is 17.1 Å². The minimum absolute atomic E-state index is 0.0217. The number of ether oxygens (including phenoxy) is 1. The number of anilines is 2. The molecule has 0 spiro atoms. The second-order valence-electron chi connectivity index (χ2n) is 6.41. The van der Waals surface area contributed by atoms with Crippen LogP contribution in [-0.4, -0.2) is 45.1 Å². The smallest absolute Gasteiger partial charge is 0.329 e. The number of hydrogen-bond acceptors (Lipinski definition) is 4. The first-order valence-electron chi connectivity index (χ1n) is 8.12. The molecule has 0 N–H and O–H groups in total. The predicted molar refractivity (Wildman–Crippen MR) is 104 cm³/mol. The van der Waals surface area contributed by atoms with E-state index in [0.717, 1.165) is 4.47 Å². The van der Waals surface area contributed by atoms with Crippen LogP contribution in [0.5, 0.6) is 5.75 Å². The van der Waals surface area contributed by atoms with Crippen molar-refractivity contribution < 1.29 is 17.9 Å². The molecule has 2 amide bonds. The van der Waals surface area contributed by atoms with Crippen LogP contribution in [0.4, 0.5) is 16.2 Å². The van der Waals surface area contributed by atoms with Crippen molar-refractivity contribution in [2.24, 2.45) is 0 Å². The van der Waals surface area contributed by atoms with Crippen LogP contribution in [0.2, 0.25) is 0 Å². The molecule has 2 unspecified atom stereocenters. The molecular weight excluding hydrogens is 420 g/mol. The predicted octanol–water partition coefficient (Wildman–Crippen LogP) is 3.07. The quantitative estimate of drug-likeness (QED) is 0.693. The van der Waals surface area contributed by atoms with Crippen LogP contribution >= 0.6 is 15.9 Å². The Morgan fingerprint density at radius 1 is 0.923 bits per heavy atom. The van der Waals surface area contributed by atoms with Crippen LogP contribution in [0.3, 0.4) is 0 Å². The number of urea groups is 1. The monoisotopic (exact) mass is 436 g/mol. The molecule has 6 nitrogen and oxygen atoms in total. The highest BCUT2D eigenvalue weighted by atomic mass is 79.9. The second kappa shape index (κ2) is 6.28. The average molecular weight is 437 g/mol. The Morgan fingerprint density at radius 3 is 1.85 bits per heavy atom. The first-order valence-corrected chi connectivity index (χ1v) is 10.7. The van der Waals surface area contributed by atoms with Crippen LogP contribution in [0.25, 0.3) is 0 Å². The molecule has 2 aromatic rings. The van der Waals surface area contributed by atoms with Gasteiger partial charge in [-0.3, -0.25) is 9.80 Å². The fourth-order valence-electron chi connectivity index (χ4n) is 3.65. The van der Waals surface area contributed by atoms with Crippen LogP contribution in [0, 0.1) is 0 Å². The first kappa shape index (κ1) is 17.4. The highest BCUT2D eigenvalue weighted by molar-refractivity contribution is 9.10. The number of carbonyl (C=O) groups excluding carboxylic acids is 1. The molecule has 26 heavy (non-hydrogen) atoms. The lowest BCUT2D eigenvalue weighted by Crippen LogP contribution is -2.37. The van der Waals surface area contributed by atoms with Gasteiger partial charge in [-0.15, -0.1) is 0 Å². The van der Waals surface area contributed by atoms with E-state index in [1.807, 2.05) is 24.3 Å². The normalized spacial score (nSPS) is 24.0. The van der Waals surface area contributed by atoms with Crippen molar-refractivity contribution in [1.29, 1.82) is 0 Å². The Balaban J connectivity index is 1.77. The fraction of sp³-hybridized carbons (Fsp3) is 0.278. The zero-order valence-electron chi connectivity index (χ0n) is 14.0. The van der Waals surface area contributed by atoms with Gasteiger partial charge in [0.1, 0.15) is 5.75 Å². The first-order chi connectivity index (χ1) is 12.4. The summed E-state index contributed by atoms with van der Waals surface area (Å²) in [5, 5.41) is 0. The van der Waals surface area contributed by atoms with Crippen LogP contribution in [-0.2, 0) is 9.84 Å². The summed E-state index contributed by atoms with van der Waals surface area (Å²) in [7, 11) is -1.63. The van der Waals surface area contributed by atoms with Gasteiger partial charge in [0.15, 0.2) is 9.84 Å². The zero-order chi connectivity index (χ0) is 18.5. The summed E-state index contributed by atoms with van der Waals surface area (Å²) in [4.78, 5) is 16.4. The van der Waals surface area contributed by atoms with Gasteiger partial charge in [-0.1, -0.05) is 15.9 Å². The molecule has 8 heteroatoms. The summed E-state index contributed by atoms with van der Waals surface area (Å²) >= 11 is 3.38. The van der Waals surface area contributed by atoms with Gasteiger partial charge in [0.05, 0.1) is 30.7 Å². The van der Waals surface area contributed by atoms with Crippen molar-refractivity contribution in [3.05, 3.63) is 53.0 Å². The van der Waals surface area contributed by atoms with Gasteiger partial charge in [0.2, 0.25) is 0 Å². The average Bonchev–Trinajstić information content (AvgIpc) is 3.05. The molecule has 0 aliphatic carbocycles. The third-order valence-electron chi connectivity index (χ3n) is 4.82. The minimum atomic E-state index is -3.20. The lowest BCUT2D eigenvalue weighted by molar-refractivity contribution is 0.255. The summed E-state index contributed by atoms with van der Waals surface area (Å²) < 4.78 is 30.6. The van der Waals surface area contributed by atoms with E-state index in [2.05, 4.69) is 15.9 Å². The maximum absolute atomic E-state index is 13.2. The maximum Gasteiger partial charge on any atom is 0.329 e.